The van der Waals surface area contributed by atoms with Gasteiger partial charge < -0.3 is 19.7 Å². The quantitative estimate of drug-likeness (QED) is 0.494. The number of carbonyl (C=O) groups excluding carboxylic acids is 1. The number of carboxylic acids is 1. The normalized spacial score (nSPS) is 16.7. The van der Waals surface area contributed by atoms with Crippen molar-refractivity contribution in [2.45, 2.75) is 44.5 Å². The molecule has 180 valence electrons. The summed E-state index contributed by atoms with van der Waals surface area (Å²) in [6.07, 6.45) is -2.34. The third-order valence-corrected chi connectivity index (χ3v) is 6.73. The first-order valence-electron chi connectivity index (χ1n) is 11.1. The van der Waals surface area contributed by atoms with Crippen LogP contribution in [-0.2, 0) is 23.2 Å². The van der Waals surface area contributed by atoms with Crippen LogP contribution in [0.25, 0.3) is 11.1 Å². The number of carbonyl (C=O) groups is 2. The second-order valence-corrected chi connectivity index (χ2v) is 9.00. The summed E-state index contributed by atoms with van der Waals surface area (Å²) in [5.41, 5.74) is 3.35. The third-order valence-electron chi connectivity index (χ3n) is 6.73. The standard InChI is InChI=1S/C27H22F2O6/c1-15-2-3-16(10-20(15)17-4-5-18(14-30)21(12-17)25(32)33)11-24(31)26(8-9-26)19-6-7-22-23(13-19)35-27(28,29)34-22/h2-7,10,12-13,30H,8-9,11,14H2,1H3,(H,32,33). The maximum atomic E-state index is 13.4. The number of aryl methyl sites for hydroxylation is 1. The van der Waals surface area contributed by atoms with E-state index in [2.05, 4.69) is 9.47 Å². The Morgan fingerprint density at radius 1 is 0.971 bits per heavy atom. The number of aliphatic hydroxyl groups is 1. The van der Waals surface area contributed by atoms with E-state index in [9.17, 15) is 28.6 Å². The molecule has 0 aromatic heterocycles. The number of fused-ring (bicyclic) bond motifs is 1. The fraction of sp³-hybridized carbons (Fsp3) is 0.259. The van der Waals surface area contributed by atoms with Crippen LogP contribution in [0.5, 0.6) is 11.5 Å². The van der Waals surface area contributed by atoms with Gasteiger partial charge in [0.25, 0.3) is 0 Å². The minimum Gasteiger partial charge on any atom is -0.478 e. The summed E-state index contributed by atoms with van der Waals surface area (Å²) < 4.78 is 35.8. The predicted molar refractivity (Wildman–Crippen MR) is 122 cm³/mol. The molecule has 0 spiro atoms. The monoisotopic (exact) mass is 480 g/mol. The van der Waals surface area contributed by atoms with Crippen molar-refractivity contribution in [2.24, 2.45) is 0 Å². The first kappa shape index (κ1) is 23.0. The molecule has 0 radical (unpaired) electrons. The second kappa shape index (κ2) is 8.16. The van der Waals surface area contributed by atoms with Crippen LogP contribution in [0.1, 0.15) is 45.5 Å². The number of aromatic carboxylic acids is 1. The van der Waals surface area contributed by atoms with Gasteiger partial charge in [0.05, 0.1) is 17.6 Å². The summed E-state index contributed by atoms with van der Waals surface area (Å²) in [7, 11) is 0. The number of benzene rings is 3. The zero-order valence-electron chi connectivity index (χ0n) is 18.8. The Labute approximate surface area is 199 Å². The summed E-state index contributed by atoms with van der Waals surface area (Å²) >= 11 is 0. The summed E-state index contributed by atoms with van der Waals surface area (Å²) in [5.74, 6) is -1.29. The highest BCUT2D eigenvalue weighted by Crippen LogP contribution is 2.52. The molecule has 2 aliphatic rings. The van der Waals surface area contributed by atoms with E-state index in [1.165, 1.54) is 18.2 Å². The summed E-state index contributed by atoms with van der Waals surface area (Å²) in [6.45, 7) is 1.52. The number of hydrogen-bond acceptors (Lipinski definition) is 5. The van der Waals surface area contributed by atoms with Crippen LogP contribution in [0, 0.1) is 6.92 Å². The molecule has 0 amide bonds. The Hall–Kier alpha value is -3.78. The van der Waals surface area contributed by atoms with Crippen molar-refractivity contribution in [3.63, 3.8) is 0 Å². The molecule has 1 aliphatic heterocycles. The van der Waals surface area contributed by atoms with Crippen molar-refractivity contribution in [2.75, 3.05) is 0 Å². The van der Waals surface area contributed by atoms with Crippen LogP contribution in [0.15, 0.2) is 54.6 Å². The lowest BCUT2D eigenvalue weighted by Gasteiger charge is -2.16. The molecule has 1 aliphatic carbocycles. The summed E-state index contributed by atoms with van der Waals surface area (Å²) in [4.78, 5) is 25.0. The summed E-state index contributed by atoms with van der Waals surface area (Å²) in [6, 6.07) is 14.9. The van der Waals surface area contributed by atoms with Gasteiger partial charge in [0.2, 0.25) is 0 Å². The lowest BCUT2D eigenvalue weighted by atomic mass is 9.86. The van der Waals surface area contributed by atoms with Gasteiger partial charge in [-0.3, -0.25) is 4.79 Å². The lowest BCUT2D eigenvalue weighted by molar-refractivity contribution is -0.286. The number of Topliss-reactive ketones (excluding diaryl/α,β-unsaturated/α-hetero) is 1. The molecule has 3 aromatic rings. The molecule has 0 atom stereocenters. The molecule has 8 heteroatoms. The second-order valence-electron chi connectivity index (χ2n) is 9.00. The van der Waals surface area contributed by atoms with Gasteiger partial charge >= 0.3 is 12.3 Å². The van der Waals surface area contributed by atoms with E-state index in [0.717, 1.165) is 16.7 Å². The topological polar surface area (TPSA) is 93.1 Å². The fourth-order valence-corrected chi connectivity index (χ4v) is 4.63. The van der Waals surface area contributed by atoms with Gasteiger partial charge in [0.1, 0.15) is 5.78 Å². The molecule has 6 nitrogen and oxygen atoms in total. The van der Waals surface area contributed by atoms with Crippen LogP contribution in [0.2, 0.25) is 0 Å². The fourth-order valence-electron chi connectivity index (χ4n) is 4.63. The number of carboxylic acid groups (broad SMARTS) is 1. The number of rotatable bonds is 7. The van der Waals surface area contributed by atoms with Gasteiger partial charge in [-0.2, -0.15) is 0 Å². The smallest absolute Gasteiger partial charge is 0.478 e. The Balaban J connectivity index is 1.41. The van der Waals surface area contributed by atoms with Crippen molar-refractivity contribution in [1.29, 1.82) is 0 Å². The van der Waals surface area contributed by atoms with Gasteiger partial charge in [-0.25, -0.2) is 4.79 Å². The average molecular weight is 480 g/mol. The zero-order chi connectivity index (χ0) is 25.0. The molecule has 3 aromatic carbocycles. The van der Waals surface area contributed by atoms with Crippen LogP contribution in [0.4, 0.5) is 8.78 Å². The van der Waals surface area contributed by atoms with Crippen molar-refractivity contribution >= 4 is 11.8 Å². The number of halogens is 2. The van der Waals surface area contributed by atoms with E-state index in [1.807, 2.05) is 25.1 Å². The van der Waals surface area contributed by atoms with Crippen molar-refractivity contribution < 1.29 is 38.1 Å². The van der Waals surface area contributed by atoms with Gasteiger partial charge in [-0.05, 0) is 71.3 Å². The molecular weight excluding hydrogens is 458 g/mol. The highest BCUT2D eigenvalue weighted by molar-refractivity contribution is 5.95. The Bertz CT molecular complexity index is 1360. The van der Waals surface area contributed by atoms with Crippen molar-refractivity contribution in [3.05, 3.63) is 82.4 Å². The molecule has 5 rings (SSSR count). The first-order chi connectivity index (χ1) is 16.6. The molecule has 1 saturated carbocycles. The Morgan fingerprint density at radius 2 is 1.71 bits per heavy atom. The number of ketones is 1. The Morgan fingerprint density at radius 3 is 2.40 bits per heavy atom. The van der Waals surface area contributed by atoms with Crippen LogP contribution < -0.4 is 9.47 Å². The molecule has 35 heavy (non-hydrogen) atoms. The van der Waals surface area contributed by atoms with E-state index in [0.29, 0.717) is 29.5 Å². The summed E-state index contributed by atoms with van der Waals surface area (Å²) in [5, 5.41) is 18.9. The predicted octanol–water partition coefficient (Wildman–Crippen LogP) is 5.02. The minimum absolute atomic E-state index is 0.0243. The molecule has 0 unspecified atom stereocenters. The van der Waals surface area contributed by atoms with Gasteiger partial charge in [0, 0.05) is 6.42 Å². The zero-order valence-corrected chi connectivity index (χ0v) is 18.8. The largest absolute Gasteiger partial charge is 0.586 e. The van der Waals surface area contributed by atoms with E-state index < -0.39 is 17.7 Å². The molecule has 0 saturated heterocycles. The average Bonchev–Trinajstić information content (AvgIpc) is 3.57. The molecular formula is C27H22F2O6. The Kier molecular flexibility index (Phi) is 5.36. The highest BCUT2D eigenvalue weighted by atomic mass is 19.3. The van der Waals surface area contributed by atoms with Gasteiger partial charge in [-0.15, -0.1) is 8.78 Å². The first-order valence-corrected chi connectivity index (χ1v) is 11.1. The highest BCUT2D eigenvalue weighted by Gasteiger charge is 2.52. The van der Waals surface area contributed by atoms with Gasteiger partial charge in [-0.1, -0.05) is 36.4 Å². The number of ether oxygens (including phenoxy) is 2. The number of alkyl halides is 2. The molecule has 1 fully saturated rings. The maximum Gasteiger partial charge on any atom is 0.586 e. The van der Waals surface area contributed by atoms with Crippen LogP contribution >= 0.6 is 0 Å². The van der Waals surface area contributed by atoms with E-state index in [4.69, 9.17) is 0 Å². The number of aliphatic hydroxyl groups excluding tert-OH is 1. The SMILES string of the molecule is Cc1ccc(CC(=O)C2(c3ccc4c(c3)OC(F)(F)O4)CC2)cc1-c1ccc(CO)c(C(=O)O)c1. The van der Waals surface area contributed by atoms with E-state index in [1.54, 1.807) is 18.2 Å². The molecule has 0 bridgehead atoms. The maximum absolute atomic E-state index is 13.4. The van der Waals surface area contributed by atoms with E-state index in [-0.39, 0.29) is 35.9 Å². The minimum atomic E-state index is -3.71. The number of hydrogen-bond donors (Lipinski definition) is 2. The third kappa shape index (κ3) is 4.14. The molecule has 1 heterocycles. The van der Waals surface area contributed by atoms with Gasteiger partial charge in [0.15, 0.2) is 11.5 Å². The van der Waals surface area contributed by atoms with Crippen molar-refractivity contribution in [3.8, 4) is 22.6 Å². The molecule has 2 N–H and O–H groups in total. The van der Waals surface area contributed by atoms with Crippen molar-refractivity contribution in [1.82, 2.24) is 0 Å². The lowest BCUT2D eigenvalue weighted by Crippen LogP contribution is -2.26. The van der Waals surface area contributed by atoms with Crippen LogP contribution in [-0.4, -0.2) is 28.3 Å². The van der Waals surface area contributed by atoms with Crippen LogP contribution in [0.3, 0.4) is 0 Å². The van der Waals surface area contributed by atoms with E-state index >= 15 is 0 Å².